The fourth-order valence-electron chi connectivity index (χ4n) is 1.69. The van der Waals surface area contributed by atoms with E-state index in [0.717, 1.165) is 15.4 Å². The van der Waals surface area contributed by atoms with Gasteiger partial charge in [0.05, 0.1) is 4.90 Å². The van der Waals surface area contributed by atoms with Crippen molar-refractivity contribution in [3.63, 3.8) is 0 Å². The smallest absolute Gasteiger partial charge is 0.318 e. The maximum absolute atomic E-state index is 12.4. The van der Waals surface area contributed by atoms with Crippen LogP contribution in [0, 0.1) is 13.8 Å². The highest BCUT2D eigenvalue weighted by Gasteiger charge is 2.29. The summed E-state index contributed by atoms with van der Waals surface area (Å²) in [7, 11) is -3.78. The predicted molar refractivity (Wildman–Crippen MR) is 72.6 cm³/mol. The van der Waals surface area contributed by atoms with Gasteiger partial charge in [-0.2, -0.15) is 4.31 Å². The lowest BCUT2D eigenvalue weighted by Crippen LogP contribution is -2.40. The van der Waals surface area contributed by atoms with Crippen molar-refractivity contribution >= 4 is 16.0 Å². The molecule has 0 amide bonds. The maximum atomic E-state index is 12.4. The molecule has 1 aromatic carbocycles. The molecular formula is C13H19NO4S. The van der Waals surface area contributed by atoms with Gasteiger partial charge >= 0.3 is 5.97 Å². The third-order valence-electron chi connectivity index (χ3n) is 2.95. The summed E-state index contributed by atoms with van der Waals surface area (Å²) < 4.78 is 25.9. The van der Waals surface area contributed by atoms with Crippen molar-refractivity contribution < 1.29 is 18.3 Å². The average Bonchev–Trinajstić information content (AvgIpc) is 2.28. The fourth-order valence-corrected chi connectivity index (χ4v) is 3.36. The van der Waals surface area contributed by atoms with Gasteiger partial charge in [0.25, 0.3) is 0 Å². The molecule has 0 aromatic heterocycles. The summed E-state index contributed by atoms with van der Waals surface area (Å²) in [6.07, 6.45) is 0. The second-order valence-corrected chi connectivity index (χ2v) is 6.67. The van der Waals surface area contributed by atoms with Gasteiger partial charge in [0.2, 0.25) is 10.0 Å². The van der Waals surface area contributed by atoms with Crippen LogP contribution in [0.3, 0.4) is 0 Å². The van der Waals surface area contributed by atoms with Crippen molar-refractivity contribution in [1.29, 1.82) is 0 Å². The summed E-state index contributed by atoms with van der Waals surface area (Å²) in [6.45, 7) is 6.49. The van der Waals surface area contributed by atoms with Gasteiger partial charge in [-0.25, -0.2) is 8.42 Å². The molecule has 106 valence electrons. The molecule has 0 aliphatic rings. The molecule has 0 aliphatic heterocycles. The second-order valence-electron chi connectivity index (χ2n) is 4.78. The van der Waals surface area contributed by atoms with Crippen LogP contribution in [0.2, 0.25) is 0 Å². The summed E-state index contributed by atoms with van der Waals surface area (Å²) in [6, 6.07) is 4.39. The zero-order valence-electron chi connectivity index (χ0n) is 11.5. The predicted octanol–water partition coefficient (Wildman–Crippen LogP) is 1.79. The Kier molecular flexibility index (Phi) is 4.70. The normalized spacial score (nSPS) is 12.1. The number of aryl methyl sites for hydroxylation is 2. The molecule has 0 spiro atoms. The number of benzene rings is 1. The third kappa shape index (κ3) is 3.54. The Morgan fingerprint density at radius 1 is 1.26 bits per heavy atom. The van der Waals surface area contributed by atoms with E-state index in [1.807, 2.05) is 13.8 Å². The molecule has 0 bridgehead atoms. The monoisotopic (exact) mass is 285 g/mol. The minimum atomic E-state index is -3.78. The number of nitrogens with zero attached hydrogens (tertiary/aromatic N) is 1. The molecule has 1 rings (SSSR count). The van der Waals surface area contributed by atoms with Gasteiger partial charge < -0.3 is 5.11 Å². The molecule has 0 saturated carbocycles. The first kappa shape index (κ1) is 15.7. The van der Waals surface area contributed by atoms with Crippen LogP contribution in [0.5, 0.6) is 0 Å². The van der Waals surface area contributed by atoms with Crippen LogP contribution < -0.4 is 0 Å². The Morgan fingerprint density at radius 2 is 1.84 bits per heavy atom. The van der Waals surface area contributed by atoms with E-state index in [2.05, 4.69) is 0 Å². The second kappa shape index (κ2) is 5.71. The molecule has 0 heterocycles. The lowest BCUT2D eigenvalue weighted by Gasteiger charge is -2.24. The number of rotatable bonds is 5. The van der Waals surface area contributed by atoms with Crippen molar-refractivity contribution in [2.45, 2.75) is 38.6 Å². The minimum absolute atomic E-state index is 0.130. The summed E-state index contributed by atoms with van der Waals surface area (Å²) in [5, 5.41) is 8.84. The molecule has 0 fully saturated rings. The van der Waals surface area contributed by atoms with Crippen LogP contribution in [0.25, 0.3) is 0 Å². The number of carbonyl (C=O) groups is 1. The Morgan fingerprint density at radius 3 is 2.26 bits per heavy atom. The van der Waals surface area contributed by atoms with Crippen molar-refractivity contribution in [1.82, 2.24) is 4.31 Å². The van der Waals surface area contributed by atoms with E-state index in [1.54, 1.807) is 26.0 Å². The molecule has 1 N–H and O–H groups in total. The highest BCUT2D eigenvalue weighted by atomic mass is 32.2. The molecule has 1 aromatic rings. The van der Waals surface area contributed by atoms with Crippen molar-refractivity contribution in [2.75, 3.05) is 6.54 Å². The Hall–Kier alpha value is -1.40. The lowest BCUT2D eigenvalue weighted by molar-refractivity contribution is -0.137. The molecule has 0 saturated heterocycles. The molecular weight excluding hydrogens is 266 g/mol. The van der Waals surface area contributed by atoms with E-state index >= 15 is 0 Å². The highest BCUT2D eigenvalue weighted by molar-refractivity contribution is 7.89. The van der Waals surface area contributed by atoms with Crippen LogP contribution in [-0.2, 0) is 14.8 Å². The van der Waals surface area contributed by atoms with E-state index in [4.69, 9.17) is 5.11 Å². The Labute approximate surface area is 113 Å². The van der Waals surface area contributed by atoms with Crippen molar-refractivity contribution in [3.8, 4) is 0 Å². The molecule has 0 radical (unpaired) electrons. The summed E-state index contributed by atoms with van der Waals surface area (Å²) in [4.78, 5) is 10.9. The number of sulfonamides is 1. The standard InChI is InChI=1S/C13H19NO4S/c1-9(2)14(8-13(15)16)19(17,18)12-6-5-10(3)11(4)7-12/h5-7,9H,8H2,1-4H3,(H,15,16). The zero-order valence-corrected chi connectivity index (χ0v) is 12.4. The summed E-state index contributed by atoms with van der Waals surface area (Å²) in [5.41, 5.74) is 1.85. The van der Waals surface area contributed by atoms with E-state index in [1.165, 1.54) is 6.07 Å². The molecule has 0 atom stereocenters. The average molecular weight is 285 g/mol. The van der Waals surface area contributed by atoms with Gasteiger partial charge in [-0.1, -0.05) is 6.07 Å². The van der Waals surface area contributed by atoms with Crippen LogP contribution in [0.4, 0.5) is 0 Å². The molecule has 0 unspecified atom stereocenters. The fraction of sp³-hybridized carbons (Fsp3) is 0.462. The highest BCUT2D eigenvalue weighted by Crippen LogP contribution is 2.20. The first-order valence-corrected chi connectivity index (χ1v) is 7.41. The Bertz CT molecular complexity index is 578. The topological polar surface area (TPSA) is 74.7 Å². The lowest BCUT2D eigenvalue weighted by atomic mass is 10.1. The number of hydrogen-bond acceptors (Lipinski definition) is 3. The molecule has 0 aliphatic carbocycles. The largest absolute Gasteiger partial charge is 0.480 e. The summed E-state index contributed by atoms with van der Waals surface area (Å²) in [5.74, 6) is -1.17. The van der Waals surface area contributed by atoms with E-state index in [-0.39, 0.29) is 4.90 Å². The van der Waals surface area contributed by atoms with Gasteiger partial charge in [-0.3, -0.25) is 4.79 Å². The van der Waals surface area contributed by atoms with Gasteiger partial charge in [0.1, 0.15) is 6.54 Å². The zero-order chi connectivity index (χ0) is 14.8. The minimum Gasteiger partial charge on any atom is -0.480 e. The van der Waals surface area contributed by atoms with E-state index in [9.17, 15) is 13.2 Å². The van der Waals surface area contributed by atoms with Crippen molar-refractivity contribution in [3.05, 3.63) is 29.3 Å². The number of aliphatic carboxylic acids is 1. The van der Waals surface area contributed by atoms with Gasteiger partial charge in [-0.15, -0.1) is 0 Å². The maximum Gasteiger partial charge on any atom is 0.318 e. The van der Waals surface area contributed by atoms with Gasteiger partial charge in [-0.05, 0) is 51.0 Å². The van der Waals surface area contributed by atoms with Gasteiger partial charge in [0.15, 0.2) is 0 Å². The SMILES string of the molecule is Cc1ccc(S(=O)(=O)N(CC(=O)O)C(C)C)cc1C. The number of hydrogen-bond donors (Lipinski definition) is 1. The number of carboxylic acid groups (broad SMARTS) is 1. The molecule has 6 heteroatoms. The number of carboxylic acids is 1. The third-order valence-corrected chi connectivity index (χ3v) is 4.97. The van der Waals surface area contributed by atoms with Crippen molar-refractivity contribution in [2.24, 2.45) is 0 Å². The molecule has 19 heavy (non-hydrogen) atoms. The van der Waals surface area contributed by atoms with Crippen LogP contribution in [-0.4, -0.2) is 36.4 Å². The van der Waals surface area contributed by atoms with Crippen LogP contribution in [0.15, 0.2) is 23.1 Å². The molecule has 5 nitrogen and oxygen atoms in total. The van der Waals surface area contributed by atoms with Crippen LogP contribution in [0.1, 0.15) is 25.0 Å². The first-order valence-electron chi connectivity index (χ1n) is 5.97. The quantitative estimate of drug-likeness (QED) is 0.895. The van der Waals surface area contributed by atoms with E-state index in [0.29, 0.717) is 0 Å². The summed E-state index contributed by atoms with van der Waals surface area (Å²) >= 11 is 0. The van der Waals surface area contributed by atoms with Crippen LogP contribution >= 0.6 is 0 Å². The van der Waals surface area contributed by atoms with E-state index < -0.39 is 28.6 Å². The Balaban J connectivity index is 3.26. The first-order chi connectivity index (χ1) is 8.66. The van der Waals surface area contributed by atoms with Gasteiger partial charge in [0, 0.05) is 6.04 Å².